The van der Waals surface area contributed by atoms with Crippen molar-refractivity contribution in [2.45, 2.75) is 11.3 Å². The van der Waals surface area contributed by atoms with E-state index in [4.69, 9.17) is 5.26 Å². The second-order valence-electron chi connectivity index (χ2n) is 3.99. The van der Waals surface area contributed by atoms with Crippen molar-refractivity contribution in [2.75, 3.05) is 19.6 Å². The molecule has 19 heavy (non-hydrogen) atoms. The number of sulfonamides is 1. The van der Waals surface area contributed by atoms with Gasteiger partial charge in [0.2, 0.25) is 15.9 Å². The molecular formula is C11H12N4O3S. The van der Waals surface area contributed by atoms with E-state index in [1.54, 1.807) is 0 Å². The maximum atomic E-state index is 12.3. The Morgan fingerprint density at radius 2 is 2.16 bits per heavy atom. The number of nitrogens with zero attached hydrogens (tertiary/aromatic N) is 3. The van der Waals surface area contributed by atoms with Crippen LogP contribution in [0.25, 0.3) is 0 Å². The zero-order valence-electron chi connectivity index (χ0n) is 10.0. The first kappa shape index (κ1) is 13.5. The highest BCUT2D eigenvalue weighted by atomic mass is 32.2. The fourth-order valence-corrected chi connectivity index (χ4v) is 3.12. The Labute approximate surface area is 110 Å². The van der Waals surface area contributed by atoms with E-state index in [0.717, 1.165) is 6.20 Å². The molecule has 1 fully saturated rings. The molecule has 0 aromatic carbocycles. The molecule has 1 aliphatic rings. The summed E-state index contributed by atoms with van der Waals surface area (Å²) in [5.41, 5.74) is 0.159. The Morgan fingerprint density at radius 1 is 1.37 bits per heavy atom. The van der Waals surface area contributed by atoms with Crippen LogP contribution >= 0.6 is 0 Å². The molecule has 0 bridgehead atoms. The van der Waals surface area contributed by atoms with E-state index in [1.165, 1.54) is 16.4 Å². The standard InChI is InChI=1S/C11H12N4O3S/c12-7-9-1-2-10(8-14-9)19(17,18)15-5-3-11(16)13-4-6-15/h1-2,8H,3-6H2,(H,13,16). The number of pyridine rings is 1. The van der Waals surface area contributed by atoms with Crippen molar-refractivity contribution >= 4 is 15.9 Å². The minimum atomic E-state index is -3.66. The number of rotatable bonds is 2. The molecule has 2 rings (SSSR count). The lowest BCUT2D eigenvalue weighted by atomic mass is 10.4. The van der Waals surface area contributed by atoms with Crippen LogP contribution in [0, 0.1) is 11.3 Å². The molecule has 1 aromatic rings. The monoisotopic (exact) mass is 280 g/mol. The molecule has 1 saturated heterocycles. The van der Waals surface area contributed by atoms with Gasteiger partial charge in [0.15, 0.2) is 0 Å². The highest BCUT2D eigenvalue weighted by Gasteiger charge is 2.26. The third-order valence-corrected chi connectivity index (χ3v) is 4.64. The van der Waals surface area contributed by atoms with E-state index >= 15 is 0 Å². The summed E-state index contributed by atoms with van der Waals surface area (Å²) in [6.45, 7) is 0.671. The fourth-order valence-electron chi connectivity index (χ4n) is 1.73. The van der Waals surface area contributed by atoms with Crippen LogP contribution in [0.3, 0.4) is 0 Å². The summed E-state index contributed by atoms with van der Waals surface area (Å²) in [5, 5.41) is 11.2. The van der Waals surface area contributed by atoms with Crippen LogP contribution in [0.2, 0.25) is 0 Å². The van der Waals surface area contributed by atoms with Gasteiger partial charge < -0.3 is 5.32 Å². The molecule has 1 aromatic heterocycles. The molecule has 0 spiro atoms. The first-order chi connectivity index (χ1) is 9.04. The zero-order chi connectivity index (χ0) is 13.9. The summed E-state index contributed by atoms with van der Waals surface area (Å²) in [6, 6.07) is 4.53. The third-order valence-electron chi connectivity index (χ3n) is 2.76. The van der Waals surface area contributed by atoms with Crippen LogP contribution in [0.1, 0.15) is 12.1 Å². The first-order valence-corrected chi connectivity index (χ1v) is 7.11. The van der Waals surface area contributed by atoms with Gasteiger partial charge in [0.05, 0.1) is 0 Å². The lowest BCUT2D eigenvalue weighted by molar-refractivity contribution is -0.120. The van der Waals surface area contributed by atoms with Gasteiger partial charge in [-0.25, -0.2) is 13.4 Å². The third kappa shape index (κ3) is 2.89. The molecule has 0 unspecified atom stereocenters. The van der Waals surface area contributed by atoms with Gasteiger partial charge in [-0.1, -0.05) is 0 Å². The Hall–Kier alpha value is -1.98. The summed E-state index contributed by atoms with van der Waals surface area (Å²) in [7, 11) is -3.66. The van der Waals surface area contributed by atoms with Gasteiger partial charge in [-0.05, 0) is 12.1 Å². The molecule has 2 heterocycles. The minimum Gasteiger partial charge on any atom is -0.355 e. The molecule has 0 radical (unpaired) electrons. The molecule has 0 aliphatic carbocycles. The van der Waals surface area contributed by atoms with Crippen LogP contribution in [0.4, 0.5) is 0 Å². The fraction of sp³-hybridized carbons (Fsp3) is 0.364. The second kappa shape index (κ2) is 5.34. The van der Waals surface area contributed by atoms with Crippen LogP contribution in [-0.4, -0.2) is 43.2 Å². The Morgan fingerprint density at radius 3 is 2.79 bits per heavy atom. The Kier molecular flexibility index (Phi) is 3.78. The number of hydrogen-bond donors (Lipinski definition) is 1. The number of aromatic nitrogens is 1. The van der Waals surface area contributed by atoms with E-state index in [-0.39, 0.29) is 36.0 Å². The van der Waals surface area contributed by atoms with Crippen molar-refractivity contribution < 1.29 is 13.2 Å². The highest BCUT2D eigenvalue weighted by Crippen LogP contribution is 2.15. The van der Waals surface area contributed by atoms with Gasteiger partial charge in [-0.15, -0.1) is 0 Å². The average molecular weight is 280 g/mol. The Balaban J connectivity index is 2.25. The maximum Gasteiger partial charge on any atom is 0.244 e. The quantitative estimate of drug-likeness (QED) is 0.784. The van der Waals surface area contributed by atoms with E-state index in [0.29, 0.717) is 6.54 Å². The molecule has 7 nitrogen and oxygen atoms in total. The van der Waals surface area contributed by atoms with Gasteiger partial charge in [-0.2, -0.15) is 9.57 Å². The molecule has 8 heteroatoms. The lowest BCUT2D eigenvalue weighted by Gasteiger charge is -2.18. The first-order valence-electron chi connectivity index (χ1n) is 5.67. The lowest BCUT2D eigenvalue weighted by Crippen LogP contribution is -2.34. The van der Waals surface area contributed by atoms with Gasteiger partial charge >= 0.3 is 0 Å². The topological polar surface area (TPSA) is 103 Å². The summed E-state index contributed by atoms with van der Waals surface area (Å²) < 4.78 is 25.9. The predicted octanol–water partition coefficient (Wildman–Crippen LogP) is -0.536. The van der Waals surface area contributed by atoms with Crippen LogP contribution in [0.5, 0.6) is 0 Å². The van der Waals surface area contributed by atoms with Gasteiger partial charge in [0, 0.05) is 32.3 Å². The highest BCUT2D eigenvalue weighted by molar-refractivity contribution is 7.89. The average Bonchev–Trinajstić information content (AvgIpc) is 2.64. The maximum absolute atomic E-state index is 12.3. The largest absolute Gasteiger partial charge is 0.355 e. The molecule has 0 atom stereocenters. The molecule has 1 aliphatic heterocycles. The van der Waals surface area contributed by atoms with Crippen LogP contribution in [0.15, 0.2) is 23.2 Å². The number of carbonyl (C=O) groups is 1. The van der Waals surface area contributed by atoms with E-state index in [2.05, 4.69) is 10.3 Å². The summed E-state index contributed by atoms with van der Waals surface area (Å²) in [4.78, 5) is 15.0. The number of nitrogens with one attached hydrogen (secondary N) is 1. The molecule has 1 amide bonds. The van der Waals surface area contributed by atoms with Gasteiger partial charge in [-0.3, -0.25) is 4.79 Å². The normalized spacial score (nSPS) is 17.3. The van der Waals surface area contributed by atoms with E-state index < -0.39 is 10.0 Å². The molecular weight excluding hydrogens is 268 g/mol. The SMILES string of the molecule is N#Cc1ccc(S(=O)(=O)N2CCNC(=O)CC2)cn1. The summed E-state index contributed by atoms with van der Waals surface area (Å²) in [5.74, 6) is -0.157. The summed E-state index contributed by atoms with van der Waals surface area (Å²) in [6.07, 6.45) is 1.30. The van der Waals surface area contributed by atoms with Crippen LogP contribution < -0.4 is 5.32 Å². The van der Waals surface area contributed by atoms with Crippen LogP contribution in [-0.2, 0) is 14.8 Å². The minimum absolute atomic E-state index is 0.0286. The van der Waals surface area contributed by atoms with Crippen molar-refractivity contribution in [2.24, 2.45) is 0 Å². The number of hydrogen-bond acceptors (Lipinski definition) is 5. The van der Waals surface area contributed by atoms with E-state index in [1.807, 2.05) is 6.07 Å². The smallest absolute Gasteiger partial charge is 0.244 e. The van der Waals surface area contributed by atoms with Gasteiger partial charge in [0.1, 0.15) is 16.7 Å². The Bertz CT molecular complexity index is 618. The number of carbonyl (C=O) groups excluding carboxylic acids is 1. The molecule has 0 saturated carbocycles. The van der Waals surface area contributed by atoms with Crippen molar-refractivity contribution in [3.05, 3.63) is 24.0 Å². The van der Waals surface area contributed by atoms with Crippen molar-refractivity contribution in [1.82, 2.24) is 14.6 Å². The van der Waals surface area contributed by atoms with E-state index in [9.17, 15) is 13.2 Å². The second-order valence-corrected chi connectivity index (χ2v) is 5.93. The van der Waals surface area contributed by atoms with Crippen molar-refractivity contribution in [1.29, 1.82) is 5.26 Å². The zero-order valence-corrected chi connectivity index (χ0v) is 10.9. The number of amides is 1. The molecule has 100 valence electrons. The predicted molar refractivity (Wildman–Crippen MR) is 65.3 cm³/mol. The summed E-state index contributed by atoms with van der Waals surface area (Å²) >= 11 is 0. The molecule has 1 N–H and O–H groups in total. The van der Waals surface area contributed by atoms with Gasteiger partial charge in [0.25, 0.3) is 0 Å². The van der Waals surface area contributed by atoms with Crippen molar-refractivity contribution in [3.63, 3.8) is 0 Å². The number of nitriles is 1. The van der Waals surface area contributed by atoms with Crippen molar-refractivity contribution in [3.8, 4) is 6.07 Å².